The average Bonchev–Trinajstić information content (AvgIpc) is 3.75. The van der Waals surface area contributed by atoms with Crippen molar-refractivity contribution in [1.82, 2.24) is 4.90 Å². The Morgan fingerprint density at radius 3 is 2.05 bits per heavy atom. The van der Waals surface area contributed by atoms with E-state index in [1.54, 1.807) is 13.8 Å². The van der Waals surface area contributed by atoms with Gasteiger partial charge in [-0.2, -0.15) is 0 Å². The lowest BCUT2D eigenvalue weighted by molar-refractivity contribution is -0.251. The van der Waals surface area contributed by atoms with Crippen molar-refractivity contribution in [2.24, 2.45) is 84.7 Å². The van der Waals surface area contributed by atoms with Gasteiger partial charge in [0, 0.05) is 36.3 Å². The summed E-state index contributed by atoms with van der Waals surface area (Å²) in [6.45, 7) is 25.4. The third kappa shape index (κ3) is 6.09. The summed E-state index contributed by atoms with van der Waals surface area (Å²) in [5.41, 5.74) is -0.919. The van der Waals surface area contributed by atoms with Crippen molar-refractivity contribution in [2.75, 3.05) is 26.3 Å². The van der Waals surface area contributed by atoms with Crippen molar-refractivity contribution >= 4 is 23.6 Å². The van der Waals surface area contributed by atoms with Gasteiger partial charge in [-0.15, -0.1) is 0 Å². The predicted octanol–water partition coefficient (Wildman–Crippen LogP) is 9.76. The molecule has 8 nitrogen and oxygen atoms in total. The molecule has 7 aliphatic carbocycles. The van der Waals surface area contributed by atoms with Gasteiger partial charge in [0.1, 0.15) is 11.9 Å². The summed E-state index contributed by atoms with van der Waals surface area (Å²) in [6, 6.07) is 0. The van der Waals surface area contributed by atoms with E-state index < -0.39 is 17.4 Å². The first-order valence-corrected chi connectivity index (χ1v) is 23.3. The van der Waals surface area contributed by atoms with Crippen molar-refractivity contribution in [3.8, 4) is 0 Å². The zero-order chi connectivity index (χ0) is 41.4. The number of rotatable bonds is 9. The molecule has 8 heteroatoms. The molecule has 0 aromatic heterocycles. The number of hydrogen-bond donors (Lipinski definition) is 1. The van der Waals surface area contributed by atoms with Gasteiger partial charge in [-0.1, -0.05) is 55.4 Å². The van der Waals surface area contributed by atoms with Crippen LogP contribution in [0.1, 0.15) is 166 Å². The molecule has 0 bridgehead atoms. The fourth-order valence-corrected chi connectivity index (χ4v) is 16.5. The third-order valence-corrected chi connectivity index (χ3v) is 20.8. The van der Waals surface area contributed by atoms with Gasteiger partial charge in [0.2, 0.25) is 5.91 Å². The second-order valence-corrected chi connectivity index (χ2v) is 24.2. The van der Waals surface area contributed by atoms with E-state index in [9.17, 15) is 19.5 Å². The van der Waals surface area contributed by atoms with Gasteiger partial charge < -0.3 is 19.5 Å². The van der Waals surface area contributed by atoms with Crippen molar-refractivity contribution in [3.05, 3.63) is 0 Å². The molecule has 320 valence electrons. The van der Waals surface area contributed by atoms with Crippen LogP contribution in [0.2, 0.25) is 0 Å². The highest BCUT2D eigenvalue weighted by Gasteiger charge is 2.73. The van der Waals surface area contributed by atoms with Gasteiger partial charge >= 0.3 is 11.9 Å². The molecule has 57 heavy (non-hydrogen) atoms. The Morgan fingerprint density at radius 2 is 1.42 bits per heavy atom. The molecule has 0 spiro atoms. The van der Waals surface area contributed by atoms with Crippen molar-refractivity contribution in [1.29, 1.82) is 0 Å². The van der Waals surface area contributed by atoms with E-state index in [1.165, 1.54) is 38.5 Å². The van der Waals surface area contributed by atoms with Crippen molar-refractivity contribution in [2.45, 2.75) is 172 Å². The number of morpholine rings is 1. The van der Waals surface area contributed by atoms with E-state index >= 15 is 4.79 Å². The third-order valence-electron chi connectivity index (χ3n) is 20.8. The standard InChI is InChI=1S/C49H77NO7/c1-42(2,41(54)55)29-38(52)57-37-15-16-46(8)34(44(37,5)6)14-17-48(10)35(46)12-11-32-39-31(45(7)19-20-45)13-18-49(39,22-21-47(32,48)9)36(51)28-30-27-33(43(30,3)4)40(53)50-23-25-56-26-24-50/h30-35,37,39H,11-29H2,1-10H3,(H,54,55)/t30-,31-,32-,33+,34+,35-,37+,39?,46+,47-,48-,49-/m1/s1. The first kappa shape index (κ1) is 41.8. The van der Waals surface area contributed by atoms with E-state index in [4.69, 9.17) is 9.47 Å². The summed E-state index contributed by atoms with van der Waals surface area (Å²) in [5.74, 6) is 2.33. The second kappa shape index (κ2) is 13.5. The molecule has 1 amide bonds. The van der Waals surface area contributed by atoms with E-state index in [1.807, 2.05) is 4.90 Å². The van der Waals surface area contributed by atoms with Gasteiger partial charge in [0.05, 0.1) is 25.0 Å². The Morgan fingerprint density at radius 1 is 0.737 bits per heavy atom. The smallest absolute Gasteiger partial charge is 0.309 e. The van der Waals surface area contributed by atoms with Crippen molar-refractivity contribution < 1.29 is 33.8 Å². The molecular formula is C49H77NO7. The lowest BCUT2D eigenvalue weighted by Crippen LogP contribution is -2.67. The quantitative estimate of drug-likeness (QED) is 0.232. The summed E-state index contributed by atoms with van der Waals surface area (Å²) in [4.78, 5) is 55.9. The molecule has 1 heterocycles. The first-order valence-electron chi connectivity index (χ1n) is 23.3. The summed E-state index contributed by atoms with van der Waals surface area (Å²) in [5, 5.41) is 9.66. The Kier molecular flexibility index (Phi) is 9.91. The fraction of sp³-hybridized carbons (Fsp3) is 0.918. The first-order chi connectivity index (χ1) is 26.5. The van der Waals surface area contributed by atoms with Crippen LogP contribution in [0.5, 0.6) is 0 Å². The molecule has 1 saturated heterocycles. The van der Waals surface area contributed by atoms with Gasteiger partial charge in [0.25, 0.3) is 0 Å². The number of carbonyl (C=O) groups excluding carboxylic acids is 3. The Labute approximate surface area is 344 Å². The van der Waals surface area contributed by atoms with Crippen LogP contribution in [-0.2, 0) is 28.7 Å². The monoisotopic (exact) mass is 792 g/mol. The fourth-order valence-electron chi connectivity index (χ4n) is 16.5. The van der Waals surface area contributed by atoms with Gasteiger partial charge in [-0.3, -0.25) is 19.2 Å². The number of fused-ring (bicyclic) bond motifs is 7. The van der Waals surface area contributed by atoms with Crippen LogP contribution < -0.4 is 0 Å². The Bertz CT molecular complexity index is 1660. The Balaban J connectivity index is 1.02. The molecule has 1 unspecified atom stereocenters. The van der Waals surface area contributed by atoms with Crippen LogP contribution in [0, 0.1) is 84.7 Å². The van der Waals surface area contributed by atoms with E-state index in [0.29, 0.717) is 73.5 Å². The Hall–Kier alpha value is -1.96. The van der Waals surface area contributed by atoms with Gasteiger partial charge in [-0.25, -0.2) is 0 Å². The molecule has 8 fully saturated rings. The average molecular weight is 792 g/mol. The number of esters is 1. The van der Waals surface area contributed by atoms with Gasteiger partial charge in [0.15, 0.2) is 0 Å². The molecule has 12 atom stereocenters. The molecule has 0 radical (unpaired) electrons. The zero-order valence-corrected chi connectivity index (χ0v) is 37.4. The molecule has 8 rings (SSSR count). The largest absolute Gasteiger partial charge is 0.481 e. The second-order valence-electron chi connectivity index (χ2n) is 24.2. The van der Waals surface area contributed by atoms with Crippen LogP contribution in [-0.4, -0.2) is 66.0 Å². The summed E-state index contributed by atoms with van der Waals surface area (Å²) in [7, 11) is 0. The lowest BCUT2D eigenvalue weighted by Gasteiger charge is -2.73. The number of hydrogen-bond acceptors (Lipinski definition) is 6. The van der Waals surface area contributed by atoms with E-state index in [-0.39, 0.29) is 62.8 Å². The SMILES string of the molecule is CC(C)(CC(=O)O[C@H]1CC[C@]2(C)[C@H]3CC[C@@H]4C5[C@H](C6(C)CC6)CC[C@]5(C(=O)C[C@H]5C[C@@H](C(=O)N6CCOCC6)C5(C)C)CC[C@@]4(C)[C@]3(C)CC[C@H]2C1(C)C)C(=O)O. The maximum Gasteiger partial charge on any atom is 0.309 e. The highest BCUT2D eigenvalue weighted by Crippen LogP contribution is 2.79. The maximum atomic E-state index is 15.3. The molecular weight excluding hydrogens is 715 g/mol. The molecule has 7 saturated carbocycles. The number of ether oxygens (including phenoxy) is 2. The molecule has 1 N–H and O–H groups in total. The van der Waals surface area contributed by atoms with Crippen molar-refractivity contribution in [3.63, 3.8) is 0 Å². The highest BCUT2D eigenvalue weighted by atomic mass is 16.5. The van der Waals surface area contributed by atoms with Crippen LogP contribution >= 0.6 is 0 Å². The van der Waals surface area contributed by atoms with E-state index in [2.05, 4.69) is 55.4 Å². The lowest BCUT2D eigenvalue weighted by atomic mass is 9.32. The summed E-state index contributed by atoms with van der Waals surface area (Å²) in [6.07, 6.45) is 14.7. The zero-order valence-electron chi connectivity index (χ0n) is 37.4. The minimum atomic E-state index is -1.15. The minimum Gasteiger partial charge on any atom is -0.481 e. The highest BCUT2D eigenvalue weighted by molar-refractivity contribution is 5.87. The van der Waals surface area contributed by atoms with Gasteiger partial charge in [-0.05, 0) is 160 Å². The normalized spacial score (nSPS) is 45.3. The molecule has 8 aliphatic rings. The minimum absolute atomic E-state index is 0.000873. The topological polar surface area (TPSA) is 110 Å². The maximum absolute atomic E-state index is 15.3. The molecule has 1 aliphatic heterocycles. The number of carboxylic acid groups (broad SMARTS) is 1. The number of amides is 1. The number of ketones is 1. The van der Waals surface area contributed by atoms with E-state index in [0.717, 1.165) is 44.9 Å². The summed E-state index contributed by atoms with van der Waals surface area (Å²) < 4.78 is 11.8. The number of Topliss-reactive ketones (excluding diaryl/α,β-unsaturated/α-hetero) is 1. The number of aliphatic carboxylic acids is 1. The summed E-state index contributed by atoms with van der Waals surface area (Å²) >= 11 is 0. The predicted molar refractivity (Wildman–Crippen MR) is 220 cm³/mol. The van der Waals surface area contributed by atoms with Crippen LogP contribution in [0.15, 0.2) is 0 Å². The number of nitrogens with zero attached hydrogens (tertiary/aromatic N) is 1. The van der Waals surface area contributed by atoms with Crippen LogP contribution in [0.3, 0.4) is 0 Å². The van der Waals surface area contributed by atoms with Crippen LogP contribution in [0.4, 0.5) is 0 Å². The van der Waals surface area contributed by atoms with Crippen LogP contribution in [0.25, 0.3) is 0 Å². The number of carbonyl (C=O) groups is 4. The number of carboxylic acids is 1. The molecule has 0 aromatic rings. The molecule has 0 aromatic carbocycles.